The number of nitrogens with two attached hydrogens (primary N) is 1. The lowest BCUT2D eigenvalue weighted by atomic mass is 9.98. The van der Waals surface area contributed by atoms with Crippen LogP contribution in [0.2, 0.25) is 0 Å². The van der Waals surface area contributed by atoms with Gasteiger partial charge in [0.25, 0.3) is 5.91 Å². The molecule has 0 fully saturated rings. The van der Waals surface area contributed by atoms with Crippen LogP contribution < -0.4 is 5.73 Å². The zero-order valence-electron chi connectivity index (χ0n) is 14.5. The second-order valence-electron chi connectivity index (χ2n) is 6.17. The van der Waals surface area contributed by atoms with Crippen LogP contribution in [0.25, 0.3) is 22.2 Å². The third kappa shape index (κ3) is 3.12. The number of halogens is 3. The van der Waals surface area contributed by atoms with Gasteiger partial charge in [-0.15, -0.1) is 0 Å². The molecule has 3 heterocycles. The molecule has 29 heavy (non-hydrogen) atoms. The molecule has 1 aromatic carbocycles. The molecule has 0 saturated carbocycles. The van der Waals surface area contributed by atoms with E-state index in [2.05, 4.69) is 15.0 Å². The number of aromatic amines is 1. The van der Waals surface area contributed by atoms with E-state index in [0.29, 0.717) is 16.8 Å². The lowest BCUT2D eigenvalue weighted by Crippen LogP contribution is -2.17. The Morgan fingerprint density at radius 3 is 2.48 bits per heavy atom. The van der Waals surface area contributed by atoms with Crippen molar-refractivity contribution in [2.45, 2.75) is 0 Å². The summed E-state index contributed by atoms with van der Waals surface area (Å²) in [5, 5.41) is 0.271. The summed E-state index contributed by atoms with van der Waals surface area (Å²) in [5.41, 5.74) is 4.73. The van der Waals surface area contributed by atoms with Crippen molar-refractivity contribution in [2.24, 2.45) is 5.73 Å². The molecule has 0 radical (unpaired) electrons. The zero-order chi connectivity index (χ0) is 20.7. The molecule has 0 unspecified atom stereocenters. The van der Waals surface area contributed by atoms with Gasteiger partial charge in [0.1, 0.15) is 17.3 Å². The quantitative estimate of drug-likeness (QED) is 0.408. The average Bonchev–Trinajstić information content (AvgIpc) is 3.10. The van der Waals surface area contributed by atoms with Gasteiger partial charge < -0.3 is 10.7 Å². The Morgan fingerprint density at radius 1 is 0.966 bits per heavy atom. The smallest absolute Gasteiger partial charge is 0.251 e. The summed E-state index contributed by atoms with van der Waals surface area (Å²) < 4.78 is 42.2. The third-order valence-electron chi connectivity index (χ3n) is 4.42. The molecular formula is C20H11F3N4O2. The molecule has 4 rings (SSSR count). The third-order valence-corrected chi connectivity index (χ3v) is 4.42. The Kier molecular flexibility index (Phi) is 4.34. The SMILES string of the molecule is NC(=O)c1ccc(F)c(C(=O)c2c[nH]c3ncc(-c4ccnc(F)c4)cc23)c1F. The second-order valence-corrected chi connectivity index (χ2v) is 6.17. The van der Waals surface area contributed by atoms with Crippen LogP contribution in [-0.4, -0.2) is 26.6 Å². The number of hydrogen-bond acceptors (Lipinski definition) is 4. The Balaban J connectivity index is 1.87. The standard InChI is InChI=1S/C20H11F3N4O2/c21-14-2-1-11(19(24)29)17(23)16(14)18(28)13-8-27-20-12(13)5-10(7-26-20)9-3-4-25-15(22)6-9/h1-8H,(H2,24,29)(H,26,27). The zero-order valence-corrected chi connectivity index (χ0v) is 14.5. The summed E-state index contributed by atoms with van der Waals surface area (Å²) in [5.74, 6) is -5.28. The molecule has 6 nitrogen and oxygen atoms in total. The lowest BCUT2D eigenvalue weighted by Gasteiger charge is -2.07. The Labute approximate surface area is 161 Å². The van der Waals surface area contributed by atoms with Crippen LogP contribution >= 0.6 is 0 Å². The van der Waals surface area contributed by atoms with Gasteiger partial charge in [0.05, 0.1) is 11.1 Å². The van der Waals surface area contributed by atoms with E-state index >= 15 is 0 Å². The fraction of sp³-hybridized carbons (Fsp3) is 0. The highest BCUT2D eigenvalue weighted by atomic mass is 19.1. The number of carbonyl (C=O) groups is 2. The summed E-state index contributed by atoms with van der Waals surface area (Å²) in [7, 11) is 0. The number of ketones is 1. The molecule has 0 atom stereocenters. The molecule has 144 valence electrons. The number of hydrogen-bond donors (Lipinski definition) is 2. The summed E-state index contributed by atoms with van der Waals surface area (Å²) in [6.45, 7) is 0. The first-order valence-electron chi connectivity index (χ1n) is 8.28. The molecule has 0 bridgehead atoms. The number of pyridine rings is 2. The normalized spacial score (nSPS) is 11.0. The van der Waals surface area contributed by atoms with Gasteiger partial charge in [0.15, 0.2) is 0 Å². The van der Waals surface area contributed by atoms with Crippen LogP contribution in [0.4, 0.5) is 13.2 Å². The van der Waals surface area contributed by atoms with Crippen molar-refractivity contribution in [2.75, 3.05) is 0 Å². The summed E-state index contributed by atoms with van der Waals surface area (Å²) in [6.07, 6.45) is 3.99. The van der Waals surface area contributed by atoms with Gasteiger partial charge in [0, 0.05) is 41.2 Å². The fourth-order valence-electron chi connectivity index (χ4n) is 3.02. The topological polar surface area (TPSA) is 102 Å². The van der Waals surface area contributed by atoms with Gasteiger partial charge in [-0.2, -0.15) is 4.39 Å². The highest BCUT2D eigenvalue weighted by Gasteiger charge is 2.25. The van der Waals surface area contributed by atoms with E-state index in [1.54, 1.807) is 6.07 Å². The van der Waals surface area contributed by atoms with Gasteiger partial charge in [-0.05, 0) is 29.8 Å². The molecule has 4 aromatic rings. The number of rotatable bonds is 4. The molecule has 1 amide bonds. The van der Waals surface area contributed by atoms with Crippen molar-refractivity contribution >= 4 is 22.7 Å². The molecule has 0 aliphatic heterocycles. The van der Waals surface area contributed by atoms with Gasteiger partial charge in [-0.3, -0.25) is 9.59 Å². The number of nitrogens with zero attached hydrogens (tertiary/aromatic N) is 2. The van der Waals surface area contributed by atoms with E-state index in [1.165, 1.54) is 30.7 Å². The van der Waals surface area contributed by atoms with E-state index in [0.717, 1.165) is 12.1 Å². The number of amides is 1. The second kappa shape index (κ2) is 6.86. The fourth-order valence-corrected chi connectivity index (χ4v) is 3.02. The molecule has 0 aliphatic rings. The number of H-pyrrole nitrogens is 1. The first-order chi connectivity index (χ1) is 13.9. The predicted octanol–water partition coefficient (Wildman–Crippen LogP) is 3.37. The maximum atomic E-state index is 14.6. The van der Waals surface area contributed by atoms with Crippen LogP contribution in [0.15, 0.2) is 48.9 Å². The van der Waals surface area contributed by atoms with Crippen molar-refractivity contribution in [1.82, 2.24) is 15.0 Å². The van der Waals surface area contributed by atoms with Gasteiger partial charge in [-0.25, -0.2) is 18.7 Å². The Bertz CT molecular complexity index is 1300. The van der Waals surface area contributed by atoms with Crippen molar-refractivity contribution in [1.29, 1.82) is 0 Å². The number of primary amides is 1. The Morgan fingerprint density at radius 2 is 1.76 bits per heavy atom. The largest absolute Gasteiger partial charge is 0.366 e. The van der Waals surface area contributed by atoms with Crippen LogP contribution in [0.3, 0.4) is 0 Å². The van der Waals surface area contributed by atoms with Crippen LogP contribution in [0.1, 0.15) is 26.3 Å². The van der Waals surface area contributed by atoms with Crippen LogP contribution in [-0.2, 0) is 0 Å². The van der Waals surface area contributed by atoms with E-state index < -0.39 is 40.4 Å². The van der Waals surface area contributed by atoms with Crippen LogP contribution in [0, 0.1) is 17.6 Å². The highest BCUT2D eigenvalue weighted by molar-refractivity contribution is 6.17. The van der Waals surface area contributed by atoms with Gasteiger partial charge in [-0.1, -0.05) is 0 Å². The van der Waals surface area contributed by atoms with Crippen molar-refractivity contribution in [3.63, 3.8) is 0 Å². The monoisotopic (exact) mass is 396 g/mol. The maximum Gasteiger partial charge on any atom is 0.251 e. The minimum atomic E-state index is -1.34. The summed E-state index contributed by atoms with van der Waals surface area (Å²) in [6, 6.07) is 5.95. The summed E-state index contributed by atoms with van der Waals surface area (Å²) >= 11 is 0. The molecule has 0 saturated heterocycles. The minimum absolute atomic E-state index is 0.0664. The van der Waals surface area contributed by atoms with Crippen LogP contribution in [0.5, 0.6) is 0 Å². The van der Waals surface area contributed by atoms with E-state index in [-0.39, 0.29) is 10.9 Å². The van der Waals surface area contributed by atoms with Crippen molar-refractivity contribution in [3.8, 4) is 11.1 Å². The molecular weight excluding hydrogens is 385 g/mol. The number of fused-ring (bicyclic) bond motifs is 1. The molecule has 3 aromatic heterocycles. The van der Waals surface area contributed by atoms with E-state index in [4.69, 9.17) is 5.73 Å². The molecule has 0 spiro atoms. The number of benzene rings is 1. The van der Waals surface area contributed by atoms with E-state index in [1.807, 2.05) is 0 Å². The summed E-state index contributed by atoms with van der Waals surface area (Å²) in [4.78, 5) is 34.6. The predicted molar refractivity (Wildman–Crippen MR) is 97.6 cm³/mol. The average molecular weight is 396 g/mol. The maximum absolute atomic E-state index is 14.6. The minimum Gasteiger partial charge on any atom is -0.366 e. The first kappa shape index (κ1) is 18.4. The lowest BCUT2D eigenvalue weighted by molar-refractivity contribution is 0.0996. The molecule has 0 aliphatic carbocycles. The van der Waals surface area contributed by atoms with Gasteiger partial charge in [0.2, 0.25) is 11.7 Å². The first-order valence-corrected chi connectivity index (χ1v) is 8.28. The van der Waals surface area contributed by atoms with Crippen molar-refractivity contribution in [3.05, 3.63) is 83.2 Å². The number of aromatic nitrogens is 3. The molecule has 3 N–H and O–H groups in total. The van der Waals surface area contributed by atoms with Crippen molar-refractivity contribution < 1.29 is 22.8 Å². The number of carbonyl (C=O) groups excluding carboxylic acids is 2. The van der Waals surface area contributed by atoms with Gasteiger partial charge >= 0.3 is 0 Å². The highest BCUT2D eigenvalue weighted by Crippen LogP contribution is 2.28. The molecule has 9 heteroatoms. The number of nitrogens with one attached hydrogen (secondary N) is 1. The Hall–Kier alpha value is -4.01. The van der Waals surface area contributed by atoms with E-state index in [9.17, 15) is 22.8 Å².